The smallest absolute Gasteiger partial charge is 0.193 e. The van der Waals surface area contributed by atoms with Gasteiger partial charge in [0.1, 0.15) is 5.75 Å². The minimum absolute atomic E-state index is 0. The second-order valence-corrected chi connectivity index (χ2v) is 6.34. The minimum atomic E-state index is 0. The Kier molecular flexibility index (Phi) is 8.18. The predicted octanol–water partition coefficient (Wildman–Crippen LogP) is 3.96. The van der Waals surface area contributed by atoms with Crippen molar-refractivity contribution in [3.63, 3.8) is 0 Å². The van der Waals surface area contributed by atoms with Gasteiger partial charge in [0.2, 0.25) is 0 Å². The van der Waals surface area contributed by atoms with Crippen molar-refractivity contribution in [2.24, 2.45) is 16.6 Å². The van der Waals surface area contributed by atoms with E-state index in [0.29, 0.717) is 25.0 Å². The molecular formula is C20H26IN3O2. The number of nitrogens with zero attached hydrogens (tertiary/aromatic N) is 1. The van der Waals surface area contributed by atoms with Crippen molar-refractivity contribution >= 4 is 35.6 Å². The summed E-state index contributed by atoms with van der Waals surface area (Å²) in [7, 11) is 0. The number of aliphatic imine (C=N–C) groups is 1. The Balaban J connectivity index is 0.00000243. The maximum Gasteiger partial charge on any atom is 0.193 e. The van der Waals surface area contributed by atoms with Crippen LogP contribution in [0, 0.1) is 12.8 Å². The molecular weight excluding hydrogens is 441 g/mol. The fourth-order valence-corrected chi connectivity index (χ4v) is 2.73. The highest BCUT2D eigenvalue weighted by Crippen LogP contribution is 2.23. The molecule has 0 spiro atoms. The zero-order valence-corrected chi connectivity index (χ0v) is 17.3. The van der Waals surface area contributed by atoms with Gasteiger partial charge in [-0.2, -0.15) is 0 Å². The van der Waals surface area contributed by atoms with E-state index in [4.69, 9.17) is 15.2 Å². The van der Waals surface area contributed by atoms with Crippen LogP contribution >= 0.6 is 24.0 Å². The number of nitrogens with two attached hydrogens (primary N) is 1. The molecule has 1 heterocycles. The molecule has 0 aliphatic carbocycles. The molecule has 5 nitrogen and oxygen atoms in total. The second-order valence-electron chi connectivity index (χ2n) is 6.34. The van der Waals surface area contributed by atoms with Gasteiger partial charge in [-0.1, -0.05) is 30.3 Å². The third-order valence-electron chi connectivity index (χ3n) is 4.19. The van der Waals surface area contributed by atoms with Gasteiger partial charge in [0, 0.05) is 23.8 Å². The first-order valence-corrected chi connectivity index (χ1v) is 8.63. The molecule has 26 heavy (non-hydrogen) atoms. The molecule has 0 amide bonds. The van der Waals surface area contributed by atoms with Crippen LogP contribution in [-0.4, -0.2) is 25.8 Å². The number of halogens is 1. The van der Waals surface area contributed by atoms with Gasteiger partial charge >= 0.3 is 0 Å². The quantitative estimate of drug-likeness (QED) is 0.384. The van der Waals surface area contributed by atoms with E-state index in [1.807, 2.05) is 30.3 Å². The van der Waals surface area contributed by atoms with Crippen molar-refractivity contribution in [1.82, 2.24) is 0 Å². The first-order chi connectivity index (χ1) is 12.2. The lowest BCUT2D eigenvalue weighted by Crippen LogP contribution is -2.22. The first kappa shape index (κ1) is 20.5. The average molecular weight is 467 g/mol. The summed E-state index contributed by atoms with van der Waals surface area (Å²) >= 11 is 0. The molecule has 1 unspecified atom stereocenters. The lowest BCUT2D eigenvalue weighted by atomic mass is 10.1. The predicted molar refractivity (Wildman–Crippen MR) is 116 cm³/mol. The van der Waals surface area contributed by atoms with E-state index >= 15 is 0 Å². The summed E-state index contributed by atoms with van der Waals surface area (Å²) in [4.78, 5) is 4.44. The monoisotopic (exact) mass is 467 g/mol. The number of hydrogen-bond donors (Lipinski definition) is 2. The van der Waals surface area contributed by atoms with Gasteiger partial charge < -0.3 is 20.5 Å². The molecule has 0 aromatic heterocycles. The number of hydrogen-bond acceptors (Lipinski definition) is 3. The normalized spacial score (nSPS) is 16.8. The maximum absolute atomic E-state index is 6.04. The maximum atomic E-state index is 6.04. The summed E-state index contributed by atoms with van der Waals surface area (Å²) in [5.41, 5.74) is 9.11. The largest absolute Gasteiger partial charge is 0.493 e. The lowest BCUT2D eigenvalue weighted by molar-refractivity contribution is 0.166. The number of para-hydroxylation sites is 1. The van der Waals surface area contributed by atoms with Crippen LogP contribution < -0.4 is 15.8 Å². The van der Waals surface area contributed by atoms with E-state index in [-0.39, 0.29) is 24.0 Å². The standard InChI is InChI=1S/C20H25N3O2.HI/c1-15-7-8-17(19(11-15)25-14-16-9-10-24-13-16)12-22-20(21)23-18-5-3-2-4-6-18;/h2-8,11,16H,9-10,12-14H2,1H3,(H3,21,22,23);1H. The topological polar surface area (TPSA) is 68.9 Å². The van der Waals surface area contributed by atoms with Crippen LogP contribution in [0.5, 0.6) is 5.75 Å². The van der Waals surface area contributed by atoms with Crippen molar-refractivity contribution in [2.75, 3.05) is 25.1 Å². The van der Waals surface area contributed by atoms with Crippen LogP contribution in [0.1, 0.15) is 17.5 Å². The zero-order valence-electron chi connectivity index (χ0n) is 15.0. The Labute approximate surface area is 172 Å². The van der Waals surface area contributed by atoms with Crippen molar-refractivity contribution in [3.05, 3.63) is 59.7 Å². The zero-order chi connectivity index (χ0) is 17.5. The van der Waals surface area contributed by atoms with E-state index in [2.05, 4.69) is 35.4 Å². The van der Waals surface area contributed by atoms with Crippen LogP contribution in [0.2, 0.25) is 0 Å². The Bertz CT molecular complexity index is 716. The highest BCUT2D eigenvalue weighted by molar-refractivity contribution is 14.0. The Hall–Kier alpha value is -1.80. The summed E-state index contributed by atoms with van der Waals surface area (Å²) in [6.45, 7) is 4.83. The fraction of sp³-hybridized carbons (Fsp3) is 0.350. The number of anilines is 1. The molecule has 1 atom stereocenters. The molecule has 1 aliphatic heterocycles. The number of aryl methyl sites for hydroxylation is 1. The number of rotatable bonds is 6. The molecule has 2 aromatic carbocycles. The van der Waals surface area contributed by atoms with Crippen LogP contribution in [0.3, 0.4) is 0 Å². The van der Waals surface area contributed by atoms with Gasteiger partial charge in [0.25, 0.3) is 0 Å². The molecule has 0 saturated carbocycles. The Morgan fingerprint density at radius 3 is 2.81 bits per heavy atom. The van der Waals surface area contributed by atoms with E-state index in [0.717, 1.165) is 36.6 Å². The molecule has 1 fully saturated rings. The number of nitrogens with one attached hydrogen (secondary N) is 1. The number of ether oxygens (including phenoxy) is 2. The summed E-state index contributed by atoms with van der Waals surface area (Å²) < 4.78 is 11.5. The Morgan fingerprint density at radius 1 is 1.27 bits per heavy atom. The van der Waals surface area contributed by atoms with E-state index in [9.17, 15) is 0 Å². The van der Waals surface area contributed by atoms with Gasteiger partial charge in [-0.15, -0.1) is 24.0 Å². The summed E-state index contributed by atoms with van der Waals surface area (Å²) in [5.74, 6) is 1.74. The van der Waals surface area contributed by atoms with Gasteiger partial charge in [-0.25, -0.2) is 4.99 Å². The van der Waals surface area contributed by atoms with Crippen molar-refractivity contribution in [1.29, 1.82) is 0 Å². The average Bonchev–Trinajstić information content (AvgIpc) is 3.13. The fourth-order valence-electron chi connectivity index (χ4n) is 2.73. The lowest BCUT2D eigenvalue weighted by Gasteiger charge is -2.14. The first-order valence-electron chi connectivity index (χ1n) is 8.63. The molecule has 2 aromatic rings. The van der Waals surface area contributed by atoms with Gasteiger partial charge in [-0.05, 0) is 37.1 Å². The molecule has 3 N–H and O–H groups in total. The van der Waals surface area contributed by atoms with Crippen molar-refractivity contribution in [3.8, 4) is 5.75 Å². The molecule has 140 valence electrons. The minimum Gasteiger partial charge on any atom is -0.493 e. The SMILES string of the molecule is Cc1ccc(CN=C(N)Nc2ccccc2)c(OCC2CCOC2)c1.I. The van der Waals surface area contributed by atoms with Crippen molar-refractivity contribution < 1.29 is 9.47 Å². The van der Waals surface area contributed by atoms with Crippen LogP contribution in [0.4, 0.5) is 5.69 Å². The second kappa shape index (κ2) is 10.4. The third-order valence-corrected chi connectivity index (χ3v) is 4.19. The van der Waals surface area contributed by atoms with E-state index in [1.54, 1.807) is 0 Å². The third kappa shape index (κ3) is 6.17. The van der Waals surface area contributed by atoms with Crippen LogP contribution in [0.15, 0.2) is 53.5 Å². The number of benzene rings is 2. The summed E-state index contributed by atoms with van der Waals surface area (Å²) in [6, 6.07) is 15.9. The van der Waals surface area contributed by atoms with Gasteiger partial charge in [0.05, 0.1) is 19.8 Å². The van der Waals surface area contributed by atoms with Crippen LogP contribution in [-0.2, 0) is 11.3 Å². The molecule has 0 radical (unpaired) electrons. The van der Waals surface area contributed by atoms with Crippen molar-refractivity contribution in [2.45, 2.75) is 19.9 Å². The Morgan fingerprint density at radius 2 is 2.08 bits per heavy atom. The van der Waals surface area contributed by atoms with Gasteiger partial charge in [-0.3, -0.25) is 0 Å². The molecule has 1 saturated heterocycles. The van der Waals surface area contributed by atoms with E-state index in [1.165, 1.54) is 5.56 Å². The molecule has 0 bridgehead atoms. The van der Waals surface area contributed by atoms with Gasteiger partial charge in [0.15, 0.2) is 5.96 Å². The number of guanidine groups is 1. The highest BCUT2D eigenvalue weighted by Gasteiger charge is 2.17. The summed E-state index contributed by atoms with van der Waals surface area (Å²) in [6.07, 6.45) is 1.06. The highest BCUT2D eigenvalue weighted by atomic mass is 127. The molecule has 6 heteroatoms. The molecule has 3 rings (SSSR count). The van der Waals surface area contributed by atoms with Crippen LogP contribution in [0.25, 0.3) is 0 Å². The molecule has 1 aliphatic rings. The summed E-state index contributed by atoms with van der Waals surface area (Å²) in [5, 5.41) is 3.09. The van der Waals surface area contributed by atoms with E-state index < -0.39 is 0 Å².